The smallest absolute Gasteiger partial charge is 0.269 e. The molecule has 15 heavy (non-hydrogen) atoms. The van der Waals surface area contributed by atoms with Gasteiger partial charge in [-0.2, -0.15) is 0 Å². The van der Waals surface area contributed by atoms with Crippen LogP contribution in [0.15, 0.2) is 41.8 Å². The molecule has 0 aliphatic heterocycles. The first-order valence-corrected chi connectivity index (χ1v) is 5.18. The van der Waals surface area contributed by atoms with Crippen molar-refractivity contribution in [3.8, 4) is 0 Å². The number of nitro groups is 1. The fourth-order valence-electron chi connectivity index (χ4n) is 1.16. The average molecular weight is 220 g/mol. The van der Waals surface area contributed by atoms with Gasteiger partial charge in [-0.15, -0.1) is 11.3 Å². The first-order chi connectivity index (χ1) is 7.25. The van der Waals surface area contributed by atoms with Crippen LogP contribution in [0.25, 0.3) is 0 Å². The largest absolute Gasteiger partial charge is 0.347 e. The summed E-state index contributed by atoms with van der Waals surface area (Å²) in [5.41, 5.74) is 0.953. The number of hydrogen-bond donors (Lipinski definition) is 1. The van der Waals surface area contributed by atoms with E-state index in [1.807, 2.05) is 17.5 Å². The zero-order valence-corrected chi connectivity index (χ0v) is 8.53. The highest BCUT2D eigenvalue weighted by molar-refractivity contribution is 7.14. The molecule has 0 aliphatic carbocycles. The summed E-state index contributed by atoms with van der Waals surface area (Å²) in [6.45, 7) is 0. The van der Waals surface area contributed by atoms with Crippen LogP contribution in [0.4, 0.5) is 16.4 Å². The molecule has 0 saturated heterocycles. The van der Waals surface area contributed by atoms with E-state index in [1.165, 1.54) is 12.1 Å². The maximum absolute atomic E-state index is 10.4. The molecule has 0 atom stereocenters. The molecule has 0 bridgehead atoms. The van der Waals surface area contributed by atoms with Crippen molar-refractivity contribution in [2.45, 2.75) is 0 Å². The van der Waals surface area contributed by atoms with E-state index in [9.17, 15) is 10.1 Å². The number of nitrogens with zero attached hydrogens (tertiary/aromatic N) is 1. The normalized spacial score (nSPS) is 9.87. The number of nitrogens with one attached hydrogen (secondary N) is 1. The molecule has 4 nitrogen and oxygen atoms in total. The quantitative estimate of drug-likeness (QED) is 0.637. The van der Waals surface area contributed by atoms with Crippen LogP contribution in [0, 0.1) is 10.1 Å². The van der Waals surface area contributed by atoms with Gasteiger partial charge in [0.1, 0.15) is 0 Å². The fraction of sp³-hybridized carbons (Fsp3) is 0. The van der Waals surface area contributed by atoms with Crippen molar-refractivity contribution in [2.24, 2.45) is 0 Å². The number of anilines is 2. The minimum Gasteiger partial charge on any atom is -0.347 e. The molecule has 1 aromatic heterocycles. The second-order valence-corrected chi connectivity index (χ2v) is 3.85. The van der Waals surface area contributed by atoms with Crippen LogP contribution in [0.1, 0.15) is 0 Å². The number of hydrogen-bond acceptors (Lipinski definition) is 4. The minimum absolute atomic E-state index is 0.103. The Morgan fingerprint density at radius 3 is 2.47 bits per heavy atom. The van der Waals surface area contributed by atoms with Crippen LogP contribution >= 0.6 is 11.3 Å². The molecule has 2 aromatic rings. The van der Waals surface area contributed by atoms with Crippen LogP contribution in [0.5, 0.6) is 0 Å². The summed E-state index contributed by atoms with van der Waals surface area (Å²) < 4.78 is 0. The molecular formula is C10H8N2O2S. The standard InChI is InChI=1S/C10H8N2O2S/c13-12(14)9-5-3-8(4-6-9)11-10-2-1-7-15-10/h1-7,11H. The number of thiophene rings is 1. The van der Waals surface area contributed by atoms with E-state index in [0.29, 0.717) is 0 Å². The van der Waals surface area contributed by atoms with Gasteiger partial charge >= 0.3 is 0 Å². The Kier molecular flexibility index (Phi) is 2.64. The van der Waals surface area contributed by atoms with E-state index in [1.54, 1.807) is 23.5 Å². The van der Waals surface area contributed by atoms with Gasteiger partial charge in [-0.25, -0.2) is 0 Å². The molecule has 76 valence electrons. The molecular weight excluding hydrogens is 212 g/mol. The van der Waals surface area contributed by atoms with E-state index in [0.717, 1.165) is 10.7 Å². The Bertz CT molecular complexity index is 451. The van der Waals surface area contributed by atoms with Gasteiger partial charge in [0.15, 0.2) is 0 Å². The Balaban J connectivity index is 2.14. The van der Waals surface area contributed by atoms with Gasteiger partial charge in [-0.1, -0.05) is 0 Å². The van der Waals surface area contributed by atoms with Crippen LogP contribution in [0.2, 0.25) is 0 Å². The molecule has 0 spiro atoms. The van der Waals surface area contributed by atoms with Gasteiger partial charge in [-0.3, -0.25) is 10.1 Å². The lowest BCUT2D eigenvalue weighted by atomic mass is 10.3. The predicted octanol–water partition coefficient (Wildman–Crippen LogP) is 3.40. The van der Waals surface area contributed by atoms with Crippen molar-refractivity contribution in [1.29, 1.82) is 0 Å². The predicted molar refractivity (Wildman–Crippen MR) is 60.7 cm³/mol. The molecule has 0 fully saturated rings. The summed E-state index contributed by atoms with van der Waals surface area (Å²) >= 11 is 1.58. The molecule has 0 amide bonds. The third-order valence-electron chi connectivity index (χ3n) is 1.87. The van der Waals surface area contributed by atoms with E-state index in [4.69, 9.17) is 0 Å². The van der Waals surface area contributed by atoms with Crippen molar-refractivity contribution in [3.05, 3.63) is 51.9 Å². The summed E-state index contributed by atoms with van der Waals surface area (Å²) in [7, 11) is 0. The topological polar surface area (TPSA) is 55.2 Å². The minimum atomic E-state index is -0.408. The van der Waals surface area contributed by atoms with E-state index in [2.05, 4.69) is 5.32 Å². The lowest BCUT2D eigenvalue weighted by Gasteiger charge is -2.01. The van der Waals surface area contributed by atoms with Gasteiger partial charge in [0.2, 0.25) is 0 Å². The second-order valence-electron chi connectivity index (χ2n) is 2.91. The Morgan fingerprint density at radius 2 is 1.93 bits per heavy atom. The van der Waals surface area contributed by atoms with Gasteiger partial charge in [0.05, 0.1) is 9.92 Å². The molecule has 5 heteroatoms. The molecule has 0 aliphatic rings. The summed E-state index contributed by atoms with van der Waals surface area (Å²) in [5, 5.41) is 16.5. The third-order valence-corrected chi connectivity index (χ3v) is 2.65. The monoisotopic (exact) mass is 220 g/mol. The van der Waals surface area contributed by atoms with Gasteiger partial charge in [0, 0.05) is 17.8 Å². The number of rotatable bonds is 3. The van der Waals surface area contributed by atoms with Crippen LogP contribution in [-0.4, -0.2) is 4.92 Å². The van der Waals surface area contributed by atoms with Crippen molar-refractivity contribution in [1.82, 2.24) is 0 Å². The number of nitro benzene ring substituents is 1. The van der Waals surface area contributed by atoms with E-state index in [-0.39, 0.29) is 5.69 Å². The molecule has 2 rings (SSSR count). The second kappa shape index (κ2) is 4.10. The first kappa shape index (κ1) is 9.67. The summed E-state index contributed by atoms with van der Waals surface area (Å²) in [6.07, 6.45) is 0. The van der Waals surface area contributed by atoms with E-state index >= 15 is 0 Å². The Labute approximate surface area is 90.3 Å². The summed E-state index contributed by atoms with van der Waals surface area (Å²) in [4.78, 5) is 10.0. The van der Waals surface area contributed by atoms with Crippen molar-refractivity contribution < 1.29 is 4.92 Å². The number of benzene rings is 1. The lowest BCUT2D eigenvalue weighted by Crippen LogP contribution is -1.89. The fourth-order valence-corrected chi connectivity index (χ4v) is 1.80. The van der Waals surface area contributed by atoms with Crippen LogP contribution < -0.4 is 5.32 Å². The maximum Gasteiger partial charge on any atom is 0.269 e. The highest BCUT2D eigenvalue weighted by Gasteiger charge is 2.03. The Morgan fingerprint density at radius 1 is 1.20 bits per heavy atom. The molecule has 1 heterocycles. The van der Waals surface area contributed by atoms with Gasteiger partial charge in [0.25, 0.3) is 5.69 Å². The van der Waals surface area contributed by atoms with Gasteiger partial charge < -0.3 is 5.32 Å². The molecule has 0 saturated carbocycles. The maximum atomic E-state index is 10.4. The molecule has 1 N–H and O–H groups in total. The van der Waals surface area contributed by atoms with E-state index < -0.39 is 4.92 Å². The third kappa shape index (κ3) is 2.32. The van der Waals surface area contributed by atoms with Gasteiger partial charge in [-0.05, 0) is 29.6 Å². The zero-order valence-electron chi connectivity index (χ0n) is 7.71. The highest BCUT2D eigenvalue weighted by atomic mass is 32.1. The summed E-state index contributed by atoms with van der Waals surface area (Å²) in [6, 6.07) is 10.2. The molecule has 0 unspecified atom stereocenters. The zero-order chi connectivity index (χ0) is 10.7. The number of non-ortho nitro benzene ring substituents is 1. The lowest BCUT2D eigenvalue weighted by molar-refractivity contribution is -0.384. The SMILES string of the molecule is O=[N+]([O-])c1ccc(Nc2cccs2)cc1. The molecule has 0 radical (unpaired) electrons. The van der Waals surface area contributed by atoms with Crippen LogP contribution in [0.3, 0.4) is 0 Å². The average Bonchev–Trinajstić information content (AvgIpc) is 2.71. The highest BCUT2D eigenvalue weighted by Crippen LogP contribution is 2.23. The first-order valence-electron chi connectivity index (χ1n) is 4.31. The van der Waals surface area contributed by atoms with Crippen molar-refractivity contribution in [3.63, 3.8) is 0 Å². The summed E-state index contributed by atoms with van der Waals surface area (Å²) in [5.74, 6) is 0. The van der Waals surface area contributed by atoms with Crippen molar-refractivity contribution >= 4 is 27.7 Å². The Hall–Kier alpha value is -1.88. The molecule has 1 aromatic carbocycles. The van der Waals surface area contributed by atoms with Crippen molar-refractivity contribution in [2.75, 3.05) is 5.32 Å². The van der Waals surface area contributed by atoms with Crippen LogP contribution in [-0.2, 0) is 0 Å².